The lowest BCUT2D eigenvalue weighted by atomic mass is 9.88. The highest BCUT2D eigenvalue weighted by Gasteiger charge is 2.66. The van der Waals surface area contributed by atoms with Crippen LogP contribution in [0, 0.1) is 0 Å². The number of esters is 2. The summed E-state index contributed by atoms with van der Waals surface area (Å²) in [6, 6.07) is 1.26. The molecule has 0 amide bonds. The van der Waals surface area contributed by atoms with Gasteiger partial charge in [-0.15, -0.1) is 0 Å². The smallest absolute Gasteiger partial charge is 0.351 e. The number of nitrogen functional groups attached to an aromatic ring is 1. The number of halogens is 1. The van der Waals surface area contributed by atoms with E-state index >= 15 is 4.39 Å². The molecule has 1 fully saturated rings. The molecule has 0 aromatic carbocycles. The molecule has 0 radical (unpaired) electrons. The normalized spacial score (nSPS) is 27.9. The molecule has 30 heavy (non-hydrogen) atoms. The van der Waals surface area contributed by atoms with Gasteiger partial charge in [-0.1, -0.05) is 19.0 Å². The van der Waals surface area contributed by atoms with Gasteiger partial charge in [-0.05, 0) is 18.5 Å². The van der Waals surface area contributed by atoms with Crippen LogP contribution in [-0.2, 0) is 23.8 Å². The first-order valence-corrected chi connectivity index (χ1v) is 9.18. The summed E-state index contributed by atoms with van der Waals surface area (Å²) in [7, 11) is 0. The van der Waals surface area contributed by atoms with Gasteiger partial charge in [0.1, 0.15) is 12.4 Å². The van der Waals surface area contributed by atoms with Gasteiger partial charge in [-0.2, -0.15) is 4.98 Å². The molecule has 2 N–H and O–H groups in total. The third-order valence-corrected chi connectivity index (χ3v) is 4.63. The molecule has 0 aliphatic carbocycles. The maximum atomic E-state index is 16.0. The number of nitrogens with two attached hydrogens (primary N) is 1. The largest absolute Gasteiger partial charge is 0.462 e. The van der Waals surface area contributed by atoms with E-state index in [1.807, 2.05) is 0 Å². The summed E-state index contributed by atoms with van der Waals surface area (Å²) in [5, 5.41) is 3.43. The van der Waals surface area contributed by atoms with Crippen molar-refractivity contribution < 1.29 is 28.2 Å². The summed E-state index contributed by atoms with van der Waals surface area (Å²) in [4.78, 5) is 42.2. The minimum Gasteiger partial charge on any atom is -0.462 e. The highest BCUT2D eigenvalue weighted by molar-refractivity contribution is 5.70. The Morgan fingerprint density at radius 1 is 1.43 bits per heavy atom. The van der Waals surface area contributed by atoms with Crippen molar-refractivity contribution in [2.24, 2.45) is 5.11 Å². The Hall–Kier alpha value is -3.18. The van der Waals surface area contributed by atoms with Crippen LogP contribution < -0.4 is 11.4 Å². The number of ether oxygens (including phenoxy) is 3. The van der Waals surface area contributed by atoms with Crippen LogP contribution in [0.5, 0.6) is 0 Å². The first kappa shape index (κ1) is 23.1. The van der Waals surface area contributed by atoms with E-state index in [4.69, 9.17) is 25.5 Å². The number of azide groups is 1. The lowest BCUT2D eigenvalue weighted by Crippen LogP contribution is -2.54. The van der Waals surface area contributed by atoms with Gasteiger partial charge in [0.15, 0.2) is 23.6 Å². The van der Waals surface area contributed by atoms with E-state index in [1.165, 1.54) is 19.2 Å². The number of carbonyl (C=O) groups excluding carboxylic acids is 2. The Labute approximate surface area is 170 Å². The second-order valence-electron chi connectivity index (χ2n) is 6.86. The molecule has 1 aliphatic rings. The standard InChI is InChI=1S/C17H23FN6O6/c1-4-11(25)28-9-17(8-21-23-20)13(29-12(26)5-2)16(3,18)14(30-17)24-7-6-10(19)22-15(24)27/h6-7,13-14H,4-5,8-9H2,1-3H3,(H2,19,22,27)/t13-,14+,16+,17+/m0/s1. The fourth-order valence-corrected chi connectivity index (χ4v) is 3.15. The summed E-state index contributed by atoms with van der Waals surface area (Å²) >= 11 is 0. The molecule has 164 valence electrons. The monoisotopic (exact) mass is 426 g/mol. The highest BCUT2D eigenvalue weighted by atomic mass is 19.1. The van der Waals surface area contributed by atoms with Crippen LogP contribution in [0.1, 0.15) is 39.8 Å². The van der Waals surface area contributed by atoms with Crippen LogP contribution in [0.25, 0.3) is 10.4 Å². The van der Waals surface area contributed by atoms with Crippen LogP contribution in [0.3, 0.4) is 0 Å². The number of alkyl halides is 1. The number of carbonyl (C=O) groups is 2. The molecular formula is C17H23FN6O6. The predicted octanol–water partition coefficient (Wildman–Crippen LogP) is 1.41. The van der Waals surface area contributed by atoms with E-state index in [-0.39, 0.29) is 18.7 Å². The molecule has 2 rings (SSSR count). The van der Waals surface area contributed by atoms with E-state index in [1.54, 1.807) is 6.92 Å². The lowest BCUT2D eigenvalue weighted by Gasteiger charge is -2.33. The van der Waals surface area contributed by atoms with E-state index in [2.05, 4.69) is 15.0 Å². The molecule has 13 heteroatoms. The second kappa shape index (κ2) is 9.09. The van der Waals surface area contributed by atoms with E-state index < -0.39 is 54.4 Å². The van der Waals surface area contributed by atoms with Crippen molar-refractivity contribution in [3.05, 3.63) is 33.2 Å². The number of nitrogens with zero attached hydrogens (tertiary/aromatic N) is 5. The number of hydrogen-bond acceptors (Lipinski definition) is 9. The predicted molar refractivity (Wildman–Crippen MR) is 101 cm³/mol. The Kier molecular flexibility index (Phi) is 7.00. The van der Waals surface area contributed by atoms with Crippen molar-refractivity contribution >= 4 is 17.8 Å². The fraction of sp³-hybridized carbons (Fsp3) is 0.647. The van der Waals surface area contributed by atoms with Crippen molar-refractivity contribution in [2.75, 3.05) is 18.9 Å². The molecular weight excluding hydrogens is 403 g/mol. The lowest BCUT2D eigenvalue weighted by molar-refractivity contribution is -0.176. The van der Waals surface area contributed by atoms with Crippen LogP contribution in [0.4, 0.5) is 10.2 Å². The van der Waals surface area contributed by atoms with Gasteiger partial charge in [0, 0.05) is 24.0 Å². The SMILES string of the molecule is CCC(=O)OC[C@@]1(CN=[N+]=[N-])O[C@@H](n2ccc(N)nc2=O)[C@](C)(F)[C@@H]1OC(=O)CC. The maximum absolute atomic E-state index is 16.0. The number of aromatic nitrogens is 2. The third-order valence-electron chi connectivity index (χ3n) is 4.63. The molecule has 1 saturated heterocycles. The van der Waals surface area contributed by atoms with Gasteiger partial charge < -0.3 is 19.9 Å². The van der Waals surface area contributed by atoms with Crippen molar-refractivity contribution in [2.45, 2.75) is 57.2 Å². The minimum absolute atomic E-state index is 0.0225. The highest BCUT2D eigenvalue weighted by Crippen LogP contribution is 2.48. The molecule has 0 spiro atoms. The summed E-state index contributed by atoms with van der Waals surface area (Å²) in [5.74, 6) is -1.47. The van der Waals surface area contributed by atoms with Crippen molar-refractivity contribution in [3.8, 4) is 0 Å². The third kappa shape index (κ3) is 4.52. The molecule has 0 bridgehead atoms. The topological polar surface area (TPSA) is 171 Å². The summed E-state index contributed by atoms with van der Waals surface area (Å²) in [6.45, 7) is 3.01. The van der Waals surface area contributed by atoms with E-state index in [0.717, 1.165) is 11.5 Å². The van der Waals surface area contributed by atoms with Gasteiger partial charge in [0.05, 0.1) is 6.54 Å². The zero-order valence-corrected chi connectivity index (χ0v) is 16.8. The van der Waals surface area contributed by atoms with E-state index in [9.17, 15) is 14.4 Å². The Morgan fingerprint density at radius 3 is 2.67 bits per heavy atom. The quantitative estimate of drug-likeness (QED) is 0.281. The first-order valence-electron chi connectivity index (χ1n) is 9.18. The molecule has 1 aromatic heterocycles. The van der Waals surface area contributed by atoms with Crippen molar-refractivity contribution in [1.82, 2.24) is 9.55 Å². The van der Waals surface area contributed by atoms with Gasteiger partial charge in [0.25, 0.3) is 0 Å². The molecule has 0 saturated carbocycles. The van der Waals surface area contributed by atoms with Gasteiger partial charge in [-0.25, -0.2) is 9.18 Å². The maximum Gasteiger partial charge on any atom is 0.351 e. The zero-order chi connectivity index (χ0) is 22.5. The van der Waals surface area contributed by atoms with Gasteiger partial charge >= 0.3 is 17.6 Å². The Balaban J connectivity index is 2.59. The van der Waals surface area contributed by atoms with Gasteiger partial charge in [-0.3, -0.25) is 14.2 Å². The number of hydrogen-bond donors (Lipinski definition) is 1. The fourth-order valence-electron chi connectivity index (χ4n) is 3.15. The molecule has 2 heterocycles. The minimum atomic E-state index is -2.49. The number of rotatable bonds is 8. The molecule has 1 aromatic rings. The molecule has 1 aliphatic heterocycles. The summed E-state index contributed by atoms with van der Waals surface area (Å²) in [6.07, 6.45) is -2.18. The molecule has 0 unspecified atom stereocenters. The van der Waals surface area contributed by atoms with Crippen LogP contribution in [0.15, 0.2) is 22.2 Å². The summed E-state index contributed by atoms with van der Waals surface area (Å²) < 4.78 is 33.1. The zero-order valence-electron chi connectivity index (χ0n) is 16.8. The number of anilines is 1. The molecule has 4 atom stereocenters. The van der Waals surface area contributed by atoms with Crippen LogP contribution in [0.2, 0.25) is 0 Å². The Morgan fingerprint density at radius 2 is 2.10 bits per heavy atom. The van der Waals surface area contributed by atoms with Crippen LogP contribution >= 0.6 is 0 Å². The van der Waals surface area contributed by atoms with E-state index in [0.29, 0.717) is 0 Å². The van der Waals surface area contributed by atoms with Gasteiger partial charge in [0.2, 0.25) is 0 Å². The second-order valence-corrected chi connectivity index (χ2v) is 6.86. The Bertz CT molecular complexity index is 914. The van der Waals surface area contributed by atoms with Crippen molar-refractivity contribution in [1.29, 1.82) is 0 Å². The van der Waals surface area contributed by atoms with Crippen LogP contribution in [-0.4, -0.2) is 52.0 Å². The van der Waals surface area contributed by atoms with Crippen molar-refractivity contribution in [3.63, 3.8) is 0 Å². The summed E-state index contributed by atoms with van der Waals surface area (Å²) in [5.41, 5.74) is 8.98. The first-order chi connectivity index (χ1) is 14.1. The average molecular weight is 426 g/mol. The average Bonchev–Trinajstić information content (AvgIpc) is 2.92. The molecule has 12 nitrogen and oxygen atoms in total.